The smallest absolute Gasteiger partial charge is 0.0795 e. The first-order valence-electron chi connectivity index (χ1n) is 7.21. The van der Waals surface area contributed by atoms with Crippen molar-refractivity contribution in [3.05, 3.63) is 68.5 Å². The van der Waals surface area contributed by atoms with E-state index in [0.717, 1.165) is 32.3 Å². The van der Waals surface area contributed by atoms with Crippen LogP contribution in [0.15, 0.2) is 36.4 Å². The summed E-state index contributed by atoms with van der Waals surface area (Å²) in [4.78, 5) is 0. The molecule has 4 rings (SSSR count). The van der Waals surface area contributed by atoms with E-state index in [0.29, 0.717) is 0 Å². The largest absolute Gasteiger partial charge is 0.299 e. The molecule has 0 unspecified atom stereocenters. The highest BCUT2D eigenvalue weighted by Crippen LogP contribution is 2.31. The third-order valence-corrected chi connectivity index (χ3v) is 4.34. The van der Waals surface area contributed by atoms with Crippen molar-refractivity contribution in [1.82, 2.24) is 0 Å². The van der Waals surface area contributed by atoms with Crippen molar-refractivity contribution in [3.63, 3.8) is 0 Å². The summed E-state index contributed by atoms with van der Waals surface area (Å²) in [6, 6.07) is 9.59. The number of rotatable bonds is 0. The number of hydrogen-bond donors (Lipinski definition) is 6. The monoisotopic (exact) mass is 312 g/mol. The molecule has 0 saturated heterocycles. The molecular weight excluding hydrogens is 300 g/mol. The summed E-state index contributed by atoms with van der Waals surface area (Å²) in [5.74, 6) is 0. The molecule has 0 saturated carbocycles. The van der Waals surface area contributed by atoms with Gasteiger partial charge < -0.3 is 0 Å². The van der Waals surface area contributed by atoms with Gasteiger partial charge in [-0.1, -0.05) is 0 Å². The van der Waals surface area contributed by atoms with Crippen molar-refractivity contribution < 1.29 is 0 Å². The summed E-state index contributed by atoms with van der Waals surface area (Å²) < 4.78 is 0. The summed E-state index contributed by atoms with van der Waals surface area (Å²) in [6.45, 7) is 0. The van der Waals surface area contributed by atoms with Gasteiger partial charge >= 0.3 is 0 Å². The van der Waals surface area contributed by atoms with E-state index in [9.17, 15) is 0 Å². The van der Waals surface area contributed by atoms with Crippen molar-refractivity contribution in [3.8, 4) is 0 Å². The van der Waals surface area contributed by atoms with Crippen LogP contribution in [0.2, 0.25) is 0 Å². The zero-order valence-corrected chi connectivity index (χ0v) is 12.5. The fourth-order valence-electron chi connectivity index (χ4n) is 3.14. The molecule has 0 radical (unpaired) electrons. The summed E-state index contributed by atoms with van der Waals surface area (Å²) in [6.07, 6.45) is 0. The van der Waals surface area contributed by atoms with E-state index in [2.05, 4.69) is 0 Å². The summed E-state index contributed by atoms with van der Waals surface area (Å²) in [7, 11) is 0. The van der Waals surface area contributed by atoms with Crippen LogP contribution < -0.4 is 32.1 Å². The molecule has 0 spiro atoms. The molecule has 0 bridgehead atoms. The molecule has 0 aromatic heterocycles. The lowest BCUT2D eigenvalue weighted by molar-refractivity contribution is 1.14. The molecule has 24 heavy (non-hydrogen) atoms. The van der Waals surface area contributed by atoms with Crippen LogP contribution in [0.1, 0.15) is 0 Å². The first kappa shape index (κ1) is 14.1. The Balaban J connectivity index is 2.56. The zero-order chi connectivity index (χ0) is 17.2. The van der Waals surface area contributed by atoms with Crippen LogP contribution >= 0.6 is 0 Å². The Morgan fingerprint density at radius 3 is 0.542 bits per heavy atom. The lowest BCUT2D eigenvalue weighted by atomic mass is 9.93. The Hall–Kier alpha value is -3.54. The Bertz CT molecular complexity index is 1180. The molecular formula is C18H12N6. The van der Waals surface area contributed by atoms with Crippen LogP contribution in [0.4, 0.5) is 0 Å². The maximum atomic E-state index is 7.92. The van der Waals surface area contributed by atoms with Gasteiger partial charge in [0.05, 0.1) is 32.1 Å². The van der Waals surface area contributed by atoms with Gasteiger partial charge in [-0.15, -0.1) is 0 Å². The van der Waals surface area contributed by atoms with Gasteiger partial charge in [0.2, 0.25) is 0 Å². The standard InChI is InChI=1S/C18H12N6/c19-13-1-7-8(2-14(13)20)10-4-17(23)18(24)6-12(10)11-5-16(22)15(21)3-9(7)11/h1-6,19-24H. The second-order valence-corrected chi connectivity index (χ2v) is 5.83. The Morgan fingerprint density at radius 2 is 0.417 bits per heavy atom. The van der Waals surface area contributed by atoms with E-state index >= 15 is 0 Å². The van der Waals surface area contributed by atoms with Gasteiger partial charge in [0.25, 0.3) is 0 Å². The fraction of sp³-hybridized carbons (Fsp3) is 0. The van der Waals surface area contributed by atoms with Crippen molar-refractivity contribution in [1.29, 1.82) is 32.5 Å². The SMILES string of the molecule is N=c1cc2c3cc(=N)c(=N)cc3c3cc(=N)c(=N)cc3c2cc1=N. The highest BCUT2D eigenvalue weighted by Gasteiger charge is 2.10. The van der Waals surface area contributed by atoms with Crippen LogP contribution in [-0.4, -0.2) is 0 Å². The predicted octanol–water partition coefficient (Wildman–Crippen LogP) is 0.336. The molecule has 0 heterocycles. The lowest BCUT2D eigenvalue weighted by Gasteiger charge is -2.10. The molecule has 6 heteroatoms. The quantitative estimate of drug-likeness (QED) is 0.249. The highest BCUT2D eigenvalue weighted by molar-refractivity contribution is 6.25. The van der Waals surface area contributed by atoms with Crippen LogP contribution in [0, 0.1) is 32.5 Å². The molecule has 0 atom stereocenters. The van der Waals surface area contributed by atoms with Gasteiger partial charge in [0, 0.05) is 0 Å². The van der Waals surface area contributed by atoms with Gasteiger partial charge in [0.1, 0.15) is 0 Å². The van der Waals surface area contributed by atoms with E-state index in [-0.39, 0.29) is 32.1 Å². The first-order valence-corrected chi connectivity index (χ1v) is 7.21. The molecule has 0 aliphatic rings. The second kappa shape index (κ2) is 4.48. The predicted molar refractivity (Wildman–Crippen MR) is 87.6 cm³/mol. The summed E-state index contributed by atoms with van der Waals surface area (Å²) >= 11 is 0. The molecule has 0 aliphatic heterocycles. The summed E-state index contributed by atoms with van der Waals surface area (Å²) in [5.41, 5.74) is 0. The van der Waals surface area contributed by atoms with Gasteiger partial charge in [0.15, 0.2) is 0 Å². The molecule has 0 aliphatic carbocycles. The maximum absolute atomic E-state index is 7.92. The van der Waals surface area contributed by atoms with E-state index in [1.807, 2.05) is 0 Å². The highest BCUT2D eigenvalue weighted by atomic mass is 14.4. The van der Waals surface area contributed by atoms with Crippen molar-refractivity contribution in [2.24, 2.45) is 0 Å². The third-order valence-electron chi connectivity index (χ3n) is 4.34. The molecule has 4 aromatic rings. The molecule has 0 fully saturated rings. The van der Waals surface area contributed by atoms with E-state index < -0.39 is 0 Å². The van der Waals surface area contributed by atoms with Gasteiger partial charge in [-0.25, -0.2) is 0 Å². The van der Waals surface area contributed by atoms with Gasteiger partial charge in [-0.2, -0.15) is 0 Å². The average molecular weight is 312 g/mol. The first-order chi connectivity index (χ1) is 11.4. The van der Waals surface area contributed by atoms with Crippen molar-refractivity contribution in [2.75, 3.05) is 0 Å². The zero-order valence-electron chi connectivity index (χ0n) is 12.5. The Kier molecular flexibility index (Phi) is 2.63. The molecule has 0 amide bonds. The van der Waals surface area contributed by atoms with E-state index in [4.69, 9.17) is 32.5 Å². The van der Waals surface area contributed by atoms with E-state index in [1.165, 1.54) is 0 Å². The van der Waals surface area contributed by atoms with Crippen LogP contribution in [0.3, 0.4) is 0 Å². The number of benzene rings is 4. The Morgan fingerprint density at radius 1 is 0.292 bits per heavy atom. The van der Waals surface area contributed by atoms with Gasteiger partial charge in [-0.05, 0) is 68.7 Å². The van der Waals surface area contributed by atoms with Crippen molar-refractivity contribution in [2.45, 2.75) is 0 Å². The van der Waals surface area contributed by atoms with Crippen LogP contribution in [-0.2, 0) is 0 Å². The maximum Gasteiger partial charge on any atom is 0.0795 e. The molecule has 6 nitrogen and oxygen atoms in total. The minimum atomic E-state index is 0.0906. The third kappa shape index (κ3) is 1.77. The molecule has 114 valence electrons. The topological polar surface area (TPSA) is 143 Å². The average Bonchev–Trinajstić information content (AvgIpc) is 2.53. The normalized spacial score (nSPS) is 11.5. The molecule has 4 aromatic carbocycles. The minimum absolute atomic E-state index is 0.0906. The number of hydrogen-bond acceptors (Lipinski definition) is 6. The molecule has 6 N–H and O–H groups in total. The van der Waals surface area contributed by atoms with Crippen LogP contribution in [0.25, 0.3) is 32.3 Å². The van der Waals surface area contributed by atoms with Crippen LogP contribution in [0.5, 0.6) is 0 Å². The van der Waals surface area contributed by atoms with Crippen molar-refractivity contribution >= 4 is 32.3 Å². The van der Waals surface area contributed by atoms with Gasteiger partial charge in [-0.3, -0.25) is 32.5 Å². The minimum Gasteiger partial charge on any atom is -0.299 e. The number of nitrogens with one attached hydrogen (secondary N) is 6. The fourth-order valence-corrected chi connectivity index (χ4v) is 3.14. The summed E-state index contributed by atoms with van der Waals surface area (Å²) in [5, 5.41) is 52.4. The number of fused-ring (bicyclic) bond motifs is 6. The second-order valence-electron chi connectivity index (χ2n) is 5.83. The Labute approximate surface area is 134 Å². The lowest BCUT2D eigenvalue weighted by Crippen LogP contribution is -2.25. The van der Waals surface area contributed by atoms with E-state index in [1.54, 1.807) is 36.4 Å².